The van der Waals surface area contributed by atoms with Crippen LogP contribution >= 0.6 is 0 Å². The molecule has 0 saturated heterocycles. The van der Waals surface area contributed by atoms with Gasteiger partial charge in [0, 0.05) is 11.4 Å². The molecule has 110 valence electrons. The maximum Gasteiger partial charge on any atom is 0.261 e. The van der Waals surface area contributed by atoms with Gasteiger partial charge in [-0.05, 0) is 43.2 Å². The van der Waals surface area contributed by atoms with E-state index in [-0.39, 0.29) is 5.91 Å². The quantitative estimate of drug-likeness (QED) is 0.826. The summed E-state index contributed by atoms with van der Waals surface area (Å²) in [6, 6.07) is 13.0. The van der Waals surface area contributed by atoms with Crippen molar-refractivity contribution in [1.82, 2.24) is 0 Å². The van der Waals surface area contributed by atoms with E-state index >= 15 is 0 Å². The van der Waals surface area contributed by atoms with Crippen LogP contribution < -0.4 is 15.8 Å². The SMILES string of the molecule is CCOc1cccc(N)c1C(=O)Nc1cccc(CC)c1. The van der Waals surface area contributed by atoms with Crippen molar-refractivity contribution in [3.05, 3.63) is 53.6 Å². The number of carbonyl (C=O) groups excluding carboxylic acids is 1. The molecule has 0 heterocycles. The number of ether oxygens (including phenoxy) is 1. The molecule has 0 atom stereocenters. The minimum absolute atomic E-state index is 0.259. The second-order valence-corrected chi connectivity index (χ2v) is 4.66. The molecular weight excluding hydrogens is 264 g/mol. The van der Waals surface area contributed by atoms with Gasteiger partial charge < -0.3 is 15.8 Å². The molecule has 3 N–H and O–H groups in total. The van der Waals surface area contributed by atoms with Crippen LogP contribution in [0.3, 0.4) is 0 Å². The van der Waals surface area contributed by atoms with E-state index in [4.69, 9.17) is 10.5 Å². The molecule has 4 nitrogen and oxygen atoms in total. The van der Waals surface area contributed by atoms with Crippen molar-refractivity contribution in [3.63, 3.8) is 0 Å². The van der Waals surface area contributed by atoms with E-state index in [1.807, 2.05) is 31.2 Å². The number of anilines is 2. The molecule has 4 heteroatoms. The fourth-order valence-electron chi connectivity index (χ4n) is 2.13. The second-order valence-electron chi connectivity index (χ2n) is 4.66. The maximum absolute atomic E-state index is 12.5. The van der Waals surface area contributed by atoms with Gasteiger partial charge >= 0.3 is 0 Å². The first kappa shape index (κ1) is 14.9. The van der Waals surface area contributed by atoms with E-state index in [2.05, 4.69) is 12.2 Å². The van der Waals surface area contributed by atoms with Crippen molar-refractivity contribution in [2.75, 3.05) is 17.7 Å². The molecular formula is C17H20N2O2. The van der Waals surface area contributed by atoms with Crippen molar-refractivity contribution in [3.8, 4) is 5.75 Å². The van der Waals surface area contributed by atoms with Crippen molar-refractivity contribution >= 4 is 17.3 Å². The van der Waals surface area contributed by atoms with Crippen molar-refractivity contribution in [2.24, 2.45) is 0 Å². The molecule has 0 bridgehead atoms. The lowest BCUT2D eigenvalue weighted by Crippen LogP contribution is -2.16. The van der Waals surface area contributed by atoms with Gasteiger partial charge in [-0.3, -0.25) is 4.79 Å². The van der Waals surface area contributed by atoms with Crippen molar-refractivity contribution in [2.45, 2.75) is 20.3 Å². The van der Waals surface area contributed by atoms with E-state index in [0.29, 0.717) is 23.6 Å². The first-order valence-electron chi connectivity index (χ1n) is 7.07. The highest BCUT2D eigenvalue weighted by Gasteiger charge is 2.16. The lowest BCUT2D eigenvalue weighted by atomic mass is 10.1. The Bertz CT molecular complexity index is 638. The molecule has 0 fully saturated rings. The summed E-state index contributed by atoms with van der Waals surface area (Å²) in [5.41, 5.74) is 8.63. The maximum atomic E-state index is 12.5. The second kappa shape index (κ2) is 6.79. The van der Waals surface area contributed by atoms with Crippen LogP contribution in [0, 0.1) is 0 Å². The Morgan fingerprint density at radius 2 is 1.95 bits per heavy atom. The van der Waals surface area contributed by atoms with Gasteiger partial charge in [-0.15, -0.1) is 0 Å². The number of hydrogen-bond donors (Lipinski definition) is 2. The van der Waals surface area contributed by atoms with E-state index in [1.54, 1.807) is 18.2 Å². The van der Waals surface area contributed by atoms with Crippen LogP contribution in [0.5, 0.6) is 5.75 Å². The fraction of sp³-hybridized carbons (Fsp3) is 0.235. The van der Waals surface area contributed by atoms with Crippen LogP contribution in [0.4, 0.5) is 11.4 Å². The third-order valence-corrected chi connectivity index (χ3v) is 3.18. The van der Waals surface area contributed by atoms with Crippen LogP contribution in [0.2, 0.25) is 0 Å². The Balaban J connectivity index is 2.27. The Labute approximate surface area is 124 Å². The molecule has 2 rings (SSSR count). The Morgan fingerprint density at radius 1 is 1.19 bits per heavy atom. The van der Waals surface area contributed by atoms with Crippen LogP contribution in [0.1, 0.15) is 29.8 Å². The molecule has 2 aromatic carbocycles. The minimum Gasteiger partial charge on any atom is -0.493 e. The topological polar surface area (TPSA) is 64.3 Å². The summed E-state index contributed by atoms with van der Waals surface area (Å²) in [4.78, 5) is 12.5. The van der Waals surface area contributed by atoms with E-state index in [1.165, 1.54) is 5.56 Å². The van der Waals surface area contributed by atoms with Gasteiger partial charge in [-0.1, -0.05) is 25.1 Å². The molecule has 0 aliphatic rings. The lowest BCUT2D eigenvalue weighted by molar-refractivity contribution is 0.102. The van der Waals surface area contributed by atoms with Crippen LogP contribution in [0.25, 0.3) is 0 Å². The number of nitrogens with one attached hydrogen (secondary N) is 1. The summed E-state index contributed by atoms with van der Waals surface area (Å²) in [5, 5.41) is 2.87. The smallest absolute Gasteiger partial charge is 0.261 e. The molecule has 0 aliphatic heterocycles. The third-order valence-electron chi connectivity index (χ3n) is 3.18. The monoisotopic (exact) mass is 284 g/mol. The summed E-state index contributed by atoms with van der Waals surface area (Å²) in [6.45, 7) is 4.42. The number of nitrogens with two attached hydrogens (primary N) is 1. The fourth-order valence-corrected chi connectivity index (χ4v) is 2.13. The number of rotatable bonds is 5. The highest BCUT2D eigenvalue weighted by atomic mass is 16.5. The number of amides is 1. The van der Waals surface area contributed by atoms with Gasteiger partial charge in [0.15, 0.2) is 0 Å². The predicted molar refractivity (Wildman–Crippen MR) is 85.8 cm³/mol. The molecule has 0 aliphatic carbocycles. The molecule has 0 radical (unpaired) electrons. The summed E-state index contributed by atoms with van der Waals surface area (Å²) < 4.78 is 5.48. The number of aryl methyl sites for hydroxylation is 1. The normalized spacial score (nSPS) is 10.2. The minimum atomic E-state index is -0.259. The predicted octanol–water partition coefficient (Wildman–Crippen LogP) is 3.48. The molecule has 21 heavy (non-hydrogen) atoms. The summed E-state index contributed by atoms with van der Waals surface area (Å²) in [7, 11) is 0. The molecule has 0 unspecified atom stereocenters. The number of nitrogen functional groups attached to an aromatic ring is 1. The highest BCUT2D eigenvalue weighted by Crippen LogP contribution is 2.25. The van der Waals surface area contributed by atoms with E-state index in [0.717, 1.165) is 12.1 Å². The molecule has 0 spiro atoms. The van der Waals surface area contributed by atoms with Crippen LogP contribution in [0.15, 0.2) is 42.5 Å². The van der Waals surface area contributed by atoms with Gasteiger partial charge in [0.25, 0.3) is 5.91 Å². The number of hydrogen-bond acceptors (Lipinski definition) is 3. The van der Waals surface area contributed by atoms with Gasteiger partial charge in [0.1, 0.15) is 11.3 Å². The van der Waals surface area contributed by atoms with Gasteiger partial charge in [0.05, 0.1) is 6.61 Å². The zero-order chi connectivity index (χ0) is 15.2. The van der Waals surface area contributed by atoms with E-state index in [9.17, 15) is 4.79 Å². The van der Waals surface area contributed by atoms with Gasteiger partial charge in [-0.25, -0.2) is 0 Å². The molecule has 2 aromatic rings. The lowest BCUT2D eigenvalue weighted by Gasteiger charge is -2.13. The van der Waals surface area contributed by atoms with Gasteiger partial charge in [-0.2, -0.15) is 0 Å². The average molecular weight is 284 g/mol. The zero-order valence-corrected chi connectivity index (χ0v) is 12.3. The summed E-state index contributed by atoms with van der Waals surface area (Å²) >= 11 is 0. The standard InChI is InChI=1S/C17H20N2O2/c1-3-12-7-5-8-13(11-12)19-17(20)16-14(18)9-6-10-15(16)21-4-2/h5-11H,3-4,18H2,1-2H3,(H,19,20). The molecule has 1 amide bonds. The number of carbonyl (C=O) groups is 1. The first-order valence-corrected chi connectivity index (χ1v) is 7.07. The van der Waals surface area contributed by atoms with Crippen LogP contribution in [-0.2, 0) is 6.42 Å². The molecule has 0 aromatic heterocycles. The Hall–Kier alpha value is -2.49. The van der Waals surface area contributed by atoms with Crippen molar-refractivity contribution in [1.29, 1.82) is 0 Å². The largest absolute Gasteiger partial charge is 0.493 e. The van der Waals surface area contributed by atoms with Crippen LogP contribution in [-0.4, -0.2) is 12.5 Å². The zero-order valence-electron chi connectivity index (χ0n) is 12.3. The Kier molecular flexibility index (Phi) is 4.82. The summed E-state index contributed by atoms with van der Waals surface area (Å²) in [6.07, 6.45) is 0.918. The number of benzene rings is 2. The summed E-state index contributed by atoms with van der Waals surface area (Å²) in [5.74, 6) is 0.242. The van der Waals surface area contributed by atoms with E-state index < -0.39 is 0 Å². The van der Waals surface area contributed by atoms with Crippen molar-refractivity contribution < 1.29 is 9.53 Å². The first-order chi connectivity index (χ1) is 10.2. The Morgan fingerprint density at radius 3 is 2.67 bits per heavy atom. The van der Waals surface area contributed by atoms with Gasteiger partial charge in [0.2, 0.25) is 0 Å². The average Bonchev–Trinajstić information content (AvgIpc) is 2.47. The third kappa shape index (κ3) is 3.54. The molecule has 0 saturated carbocycles. The highest BCUT2D eigenvalue weighted by molar-refractivity contribution is 6.09.